The lowest BCUT2D eigenvalue weighted by molar-refractivity contribution is -0.137. The van der Waals surface area contributed by atoms with Crippen molar-refractivity contribution < 1.29 is 22.8 Å². The van der Waals surface area contributed by atoms with Crippen molar-refractivity contribution in [2.24, 2.45) is 11.7 Å². The van der Waals surface area contributed by atoms with Crippen LogP contribution in [0.15, 0.2) is 24.3 Å². The number of amides is 2. The van der Waals surface area contributed by atoms with Gasteiger partial charge in [0.05, 0.1) is 5.56 Å². The van der Waals surface area contributed by atoms with Crippen LogP contribution in [0.4, 0.5) is 13.2 Å². The molecule has 0 unspecified atom stereocenters. The minimum atomic E-state index is -4.41. The second-order valence-electron chi connectivity index (χ2n) is 6.20. The number of alkyl halides is 3. The van der Waals surface area contributed by atoms with Gasteiger partial charge < -0.3 is 11.1 Å². The highest BCUT2D eigenvalue weighted by Crippen LogP contribution is 2.29. The molecular formula is C17H21F3N2O2. The Morgan fingerprint density at radius 1 is 1.12 bits per heavy atom. The van der Waals surface area contributed by atoms with Gasteiger partial charge in [-0.15, -0.1) is 0 Å². The van der Waals surface area contributed by atoms with E-state index in [0.29, 0.717) is 5.56 Å². The van der Waals surface area contributed by atoms with E-state index >= 15 is 0 Å². The van der Waals surface area contributed by atoms with Gasteiger partial charge in [0.2, 0.25) is 11.8 Å². The van der Waals surface area contributed by atoms with Crippen molar-refractivity contribution in [1.29, 1.82) is 0 Å². The van der Waals surface area contributed by atoms with Gasteiger partial charge in [-0.3, -0.25) is 9.59 Å². The highest BCUT2D eigenvalue weighted by molar-refractivity contribution is 5.87. The molecule has 2 rings (SSSR count). The summed E-state index contributed by atoms with van der Waals surface area (Å²) in [5.74, 6) is -1.02. The van der Waals surface area contributed by atoms with E-state index in [2.05, 4.69) is 5.32 Å². The van der Waals surface area contributed by atoms with E-state index in [0.717, 1.165) is 44.2 Å². The van der Waals surface area contributed by atoms with Gasteiger partial charge in [0.25, 0.3) is 0 Å². The van der Waals surface area contributed by atoms with Gasteiger partial charge in [-0.25, -0.2) is 0 Å². The highest BCUT2D eigenvalue weighted by Gasteiger charge is 2.30. The van der Waals surface area contributed by atoms with Gasteiger partial charge in [0.15, 0.2) is 0 Å². The summed E-state index contributed by atoms with van der Waals surface area (Å²) in [5.41, 5.74) is 5.08. The quantitative estimate of drug-likeness (QED) is 0.864. The van der Waals surface area contributed by atoms with Gasteiger partial charge in [0.1, 0.15) is 6.04 Å². The monoisotopic (exact) mass is 342 g/mol. The van der Waals surface area contributed by atoms with Crippen LogP contribution in [0, 0.1) is 5.92 Å². The van der Waals surface area contributed by atoms with Crippen LogP contribution in [0.2, 0.25) is 0 Å². The first kappa shape index (κ1) is 18.3. The molecule has 1 saturated carbocycles. The predicted molar refractivity (Wildman–Crippen MR) is 82.8 cm³/mol. The Morgan fingerprint density at radius 2 is 1.71 bits per heavy atom. The van der Waals surface area contributed by atoms with Gasteiger partial charge in [-0.1, -0.05) is 31.4 Å². The van der Waals surface area contributed by atoms with Gasteiger partial charge in [-0.05, 0) is 30.5 Å². The number of benzene rings is 1. The third kappa shape index (κ3) is 4.97. The van der Waals surface area contributed by atoms with Crippen molar-refractivity contribution in [2.45, 2.75) is 50.7 Å². The van der Waals surface area contributed by atoms with Crippen LogP contribution in [0.3, 0.4) is 0 Å². The maximum Gasteiger partial charge on any atom is 0.416 e. The van der Waals surface area contributed by atoms with Crippen molar-refractivity contribution >= 4 is 11.8 Å². The molecule has 132 valence electrons. The molecule has 1 aromatic carbocycles. The number of hydrogen-bond donors (Lipinski definition) is 2. The van der Waals surface area contributed by atoms with E-state index in [4.69, 9.17) is 5.73 Å². The molecule has 0 aromatic heterocycles. The summed E-state index contributed by atoms with van der Waals surface area (Å²) in [4.78, 5) is 23.8. The fourth-order valence-electron chi connectivity index (χ4n) is 2.94. The van der Waals surface area contributed by atoms with E-state index in [9.17, 15) is 22.8 Å². The Labute approximate surface area is 138 Å². The highest BCUT2D eigenvalue weighted by atomic mass is 19.4. The number of rotatable bonds is 5. The first-order valence-corrected chi connectivity index (χ1v) is 8.03. The van der Waals surface area contributed by atoms with E-state index in [1.54, 1.807) is 0 Å². The molecule has 3 N–H and O–H groups in total. The molecule has 1 aliphatic rings. The number of halogens is 3. The molecular weight excluding hydrogens is 321 g/mol. The number of carbonyl (C=O) groups excluding carboxylic acids is 2. The molecule has 0 aliphatic heterocycles. The number of carbonyl (C=O) groups is 2. The van der Waals surface area contributed by atoms with Crippen LogP contribution in [-0.2, 0) is 22.2 Å². The summed E-state index contributed by atoms with van der Waals surface area (Å²) in [7, 11) is 0. The molecule has 1 fully saturated rings. The topological polar surface area (TPSA) is 72.2 Å². The van der Waals surface area contributed by atoms with Crippen LogP contribution in [0.5, 0.6) is 0 Å². The summed E-state index contributed by atoms with van der Waals surface area (Å²) in [6, 6.07) is 3.58. The van der Waals surface area contributed by atoms with Crippen LogP contribution < -0.4 is 11.1 Å². The Hall–Kier alpha value is -2.05. The molecule has 1 aliphatic carbocycles. The molecule has 0 radical (unpaired) electrons. The summed E-state index contributed by atoms with van der Waals surface area (Å²) in [6.45, 7) is 0. The largest absolute Gasteiger partial charge is 0.416 e. The fraction of sp³-hybridized carbons (Fsp3) is 0.529. The first-order valence-electron chi connectivity index (χ1n) is 8.03. The first-order chi connectivity index (χ1) is 11.3. The minimum Gasteiger partial charge on any atom is -0.368 e. The van der Waals surface area contributed by atoms with Crippen LogP contribution in [0.1, 0.15) is 43.2 Å². The maximum absolute atomic E-state index is 12.6. The summed E-state index contributed by atoms with van der Waals surface area (Å²) < 4.78 is 37.7. The smallest absolute Gasteiger partial charge is 0.368 e. The van der Waals surface area contributed by atoms with Crippen molar-refractivity contribution in [3.05, 3.63) is 35.4 Å². The molecule has 0 heterocycles. The minimum absolute atomic E-state index is 0.0753. The van der Waals surface area contributed by atoms with Crippen molar-refractivity contribution in [3.8, 4) is 0 Å². The zero-order valence-electron chi connectivity index (χ0n) is 13.2. The lowest BCUT2D eigenvalue weighted by atomic mass is 9.88. The SMILES string of the molecule is NC(=O)[C@H](Cc1ccc(C(F)(F)F)cc1)NC(=O)C1CCCCC1. The number of hydrogen-bond acceptors (Lipinski definition) is 2. The molecule has 4 nitrogen and oxygen atoms in total. The number of primary amides is 1. The van der Waals surface area contributed by atoms with Gasteiger partial charge >= 0.3 is 6.18 Å². The van der Waals surface area contributed by atoms with E-state index < -0.39 is 23.7 Å². The lowest BCUT2D eigenvalue weighted by Gasteiger charge is -2.23. The Kier molecular flexibility index (Phi) is 5.85. The normalized spacial score (nSPS) is 17.3. The predicted octanol–water partition coefficient (Wildman–Crippen LogP) is 2.80. The van der Waals surface area contributed by atoms with Crippen LogP contribution in [0.25, 0.3) is 0 Å². The molecule has 0 saturated heterocycles. The number of nitrogens with two attached hydrogens (primary N) is 1. The average Bonchev–Trinajstić information content (AvgIpc) is 2.54. The summed E-state index contributed by atoms with van der Waals surface area (Å²) >= 11 is 0. The zero-order valence-corrected chi connectivity index (χ0v) is 13.2. The van der Waals surface area contributed by atoms with Crippen molar-refractivity contribution in [2.75, 3.05) is 0 Å². The van der Waals surface area contributed by atoms with Gasteiger partial charge in [-0.2, -0.15) is 13.2 Å². The molecule has 1 atom stereocenters. The standard InChI is InChI=1S/C17H21F3N2O2/c18-17(19,20)13-8-6-11(7-9-13)10-14(15(21)23)22-16(24)12-4-2-1-3-5-12/h6-9,12,14H,1-5,10H2,(H2,21,23)(H,22,24)/t14-/m0/s1. The van der Waals surface area contributed by atoms with E-state index in [1.807, 2.05) is 0 Å². The fourth-order valence-corrected chi connectivity index (χ4v) is 2.94. The zero-order chi connectivity index (χ0) is 17.7. The summed E-state index contributed by atoms with van der Waals surface area (Å²) in [6.07, 6.45) is 0.322. The lowest BCUT2D eigenvalue weighted by Crippen LogP contribution is -2.48. The molecule has 2 amide bonds. The molecule has 0 bridgehead atoms. The van der Waals surface area contributed by atoms with Crippen molar-refractivity contribution in [3.63, 3.8) is 0 Å². The van der Waals surface area contributed by atoms with Crippen molar-refractivity contribution in [1.82, 2.24) is 5.32 Å². The summed E-state index contributed by atoms with van der Waals surface area (Å²) in [5, 5.41) is 2.64. The van der Waals surface area contributed by atoms with E-state index in [1.165, 1.54) is 12.1 Å². The number of nitrogens with one attached hydrogen (secondary N) is 1. The third-order valence-corrected chi connectivity index (χ3v) is 4.36. The average molecular weight is 342 g/mol. The van der Waals surface area contributed by atoms with Crippen LogP contribution in [-0.4, -0.2) is 17.9 Å². The molecule has 1 aromatic rings. The maximum atomic E-state index is 12.6. The Morgan fingerprint density at radius 3 is 2.21 bits per heavy atom. The van der Waals surface area contributed by atoms with Gasteiger partial charge in [0, 0.05) is 12.3 Å². The molecule has 7 heteroatoms. The third-order valence-electron chi connectivity index (χ3n) is 4.36. The Balaban J connectivity index is 2.00. The Bertz CT molecular complexity index is 578. The second-order valence-corrected chi connectivity index (χ2v) is 6.20. The van der Waals surface area contributed by atoms with E-state index in [-0.39, 0.29) is 18.2 Å². The second kappa shape index (κ2) is 7.68. The molecule has 24 heavy (non-hydrogen) atoms. The molecule has 0 spiro atoms. The van der Waals surface area contributed by atoms with Crippen LogP contribution >= 0.6 is 0 Å².